The van der Waals surface area contributed by atoms with E-state index < -0.39 is 51.6 Å². The van der Waals surface area contributed by atoms with Gasteiger partial charge in [0.25, 0.3) is 5.91 Å². The van der Waals surface area contributed by atoms with Crippen LogP contribution in [0.25, 0.3) is 11.3 Å². The lowest BCUT2D eigenvalue weighted by atomic mass is 9.42. The molecule has 1 aliphatic heterocycles. The van der Waals surface area contributed by atoms with Crippen LogP contribution in [-0.2, 0) is 20.6 Å². The number of carboxylic acid groups (broad SMARTS) is 1. The molecule has 2 N–H and O–H groups in total. The lowest BCUT2D eigenvalue weighted by Crippen LogP contribution is -2.62. The van der Waals surface area contributed by atoms with E-state index in [0.717, 1.165) is 74.6 Å². The highest BCUT2D eigenvalue weighted by atomic mass is 35.5. The molecule has 1 atom stereocenters. The van der Waals surface area contributed by atoms with Crippen molar-refractivity contribution in [3.8, 4) is 11.3 Å². The molecule has 0 radical (unpaired) electrons. The van der Waals surface area contributed by atoms with Gasteiger partial charge in [0.05, 0.1) is 27.8 Å². The zero-order chi connectivity index (χ0) is 35.9. The molecule has 1 aromatic carbocycles. The van der Waals surface area contributed by atoms with Crippen LogP contribution in [0.2, 0.25) is 5.02 Å². The summed E-state index contributed by atoms with van der Waals surface area (Å²) in [6, 6.07) is 4.21. The van der Waals surface area contributed by atoms with Crippen molar-refractivity contribution < 1.29 is 41.8 Å². The monoisotopic (exact) mass is 734 g/mol. The number of thiazole rings is 1. The molecule has 0 spiro atoms. The van der Waals surface area contributed by atoms with E-state index in [2.05, 4.69) is 15.3 Å². The first-order chi connectivity index (χ1) is 23.8. The van der Waals surface area contributed by atoms with Crippen molar-refractivity contribution in [2.45, 2.75) is 70.4 Å². The summed E-state index contributed by atoms with van der Waals surface area (Å²) in [4.78, 5) is 63.0. The van der Waals surface area contributed by atoms with Crippen LogP contribution in [0.4, 0.5) is 28.5 Å². The number of aldehydes is 2. The number of aliphatic carboxylic acids is 1. The Balaban J connectivity index is 1.29. The van der Waals surface area contributed by atoms with Crippen LogP contribution in [0.3, 0.4) is 0 Å². The number of anilines is 2. The van der Waals surface area contributed by atoms with Crippen molar-refractivity contribution >= 4 is 58.3 Å². The number of amides is 1. The van der Waals surface area contributed by atoms with Gasteiger partial charge >= 0.3 is 12.1 Å². The molecule has 2 saturated carbocycles. The second kappa shape index (κ2) is 13.7. The van der Waals surface area contributed by atoms with Gasteiger partial charge in [0.1, 0.15) is 24.2 Å². The van der Waals surface area contributed by atoms with Gasteiger partial charge in [-0.25, -0.2) is 14.4 Å². The summed E-state index contributed by atoms with van der Waals surface area (Å²) in [7, 11) is 0. The van der Waals surface area contributed by atoms with E-state index in [1.54, 1.807) is 4.90 Å². The molecule has 2 aliphatic carbocycles. The zero-order valence-electron chi connectivity index (χ0n) is 26.9. The molecular weight excluding hydrogens is 700 g/mol. The second-order valence-electron chi connectivity index (χ2n) is 13.6. The van der Waals surface area contributed by atoms with Crippen LogP contribution in [0.15, 0.2) is 35.8 Å². The Bertz CT molecular complexity index is 1780. The van der Waals surface area contributed by atoms with Crippen LogP contribution in [0.5, 0.6) is 0 Å². The normalized spacial score (nSPS) is 21.4. The van der Waals surface area contributed by atoms with Crippen molar-refractivity contribution in [1.29, 1.82) is 0 Å². The average Bonchev–Trinajstić information content (AvgIpc) is 3.75. The maximum atomic E-state index is 14.7. The quantitative estimate of drug-likeness (QED) is 0.167. The number of nitrogens with zero attached hydrogens (tertiary/aromatic N) is 3. The average molecular weight is 735 g/mol. The fraction of sp³-hybridized carbons (Fsp3) is 0.486. The number of alkyl halides is 3. The summed E-state index contributed by atoms with van der Waals surface area (Å²) in [5, 5.41) is 14.6. The summed E-state index contributed by atoms with van der Waals surface area (Å²) < 4.78 is 54.3. The highest BCUT2D eigenvalue weighted by molar-refractivity contribution is 7.14. The molecule has 15 heteroatoms. The number of nitrogens with one attached hydrogen (secondary N) is 1. The van der Waals surface area contributed by atoms with Crippen molar-refractivity contribution in [2.75, 3.05) is 23.3 Å². The first-order valence-electron chi connectivity index (χ1n) is 16.5. The van der Waals surface area contributed by atoms with Gasteiger partial charge in [-0.3, -0.25) is 14.9 Å². The molecule has 3 fully saturated rings. The number of hydrogen-bond donors (Lipinski definition) is 2. The SMILES string of the molecule is O=CC1(C2(C3(C=O)CCCCC3)CN(c3ncc(C(=O)Nc4nc(-c5cccc(C(F)(F)F)c5F)cs4)cc3Cl)CC2C(=O)O)CCCCC1. The molecule has 6 rings (SSSR count). The third kappa shape index (κ3) is 5.97. The predicted octanol–water partition coefficient (Wildman–Crippen LogP) is 8.07. The van der Waals surface area contributed by atoms with Gasteiger partial charge in [0.2, 0.25) is 0 Å². The minimum atomic E-state index is -4.89. The molecule has 0 bridgehead atoms. The Hall–Kier alpha value is -3.91. The number of aromatic nitrogens is 2. The van der Waals surface area contributed by atoms with E-state index >= 15 is 0 Å². The summed E-state index contributed by atoms with van der Waals surface area (Å²) in [5.41, 5.74) is -5.16. The molecule has 3 heterocycles. The summed E-state index contributed by atoms with van der Waals surface area (Å²) in [5.74, 6) is -4.11. The van der Waals surface area contributed by atoms with E-state index in [0.29, 0.717) is 31.7 Å². The molecule has 1 amide bonds. The maximum absolute atomic E-state index is 14.7. The third-order valence-electron chi connectivity index (χ3n) is 11.1. The molecule has 2 aromatic heterocycles. The number of benzene rings is 1. The molecule has 50 heavy (non-hydrogen) atoms. The number of carbonyl (C=O) groups is 4. The highest BCUT2D eigenvalue weighted by Crippen LogP contribution is 2.67. The third-order valence-corrected chi connectivity index (χ3v) is 12.2. The number of hydrogen-bond acceptors (Lipinski definition) is 8. The smallest absolute Gasteiger partial charge is 0.419 e. The van der Waals surface area contributed by atoms with Crippen LogP contribution < -0.4 is 10.2 Å². The molecule has 9 nitrogen and oxygen atoms in total. The van der Waals surface area contributed by atoms with Gasteiger partial charge in [-0.2, -0.15) is 13.2 Å². The van der Waals surface area contributed by atoms with E-state index in [1.165, 1.54) is 17.6 Å². The van der Waals surface area contributed by atoms with E-state index in [-0.39, 0.29) is 45.9 Å². The molecule has 266 valence electrons. The number of carboxylic acids is 1. The number of halogens is 5. The maximum Gasteiger partial charge on any atom is 0.419 e. The molecule has 3 aromatic rings. The number of rotatable bonds is 9. The zero-order valence-corrected chi connectivity index (χ0v) is 28.5. The van der Waals surface area contributed by atoms with Crippen molar-refractivity contribution in [3.05, 3.63) is 57.8 Å². The van der Waals surface area contributed by atoms with E-state index in [1.807, 2.05) is 0 Å². The molecule has 1 saturated heterocycles. The van der Waals surface area contributed by atoms with Crippen LogP contribution in [-0.4, -0.2) is 52.6 Å². The Kier molecular flexibility index (Phi) is 9.81. The lowest BCUT2D eigenvalue weighted by molar-refractivity contribution is -0.173. The summed E-state index contributed by atoms with van der Waals surface area (Å²) >= 11 is 7.61. The molecular formula is C35H35ClF4N4O5S. The minimum Gasteiger partial charge on any atom is -0.481 e. The fourth-order valence-electron chi connectivity index (χ4n) is 8.87. The van der Waals surface area contributed by atoms with Crippen molar-refractivity contribution in [1.82, 2.24) is 9.97 Å². The fourth-order valence-corrected chi connectivity index (χ4v) is 9.86. The largest absolute Gasteiger partial charge is 0.481 e. The van der Waals surface area contributed by atoms with Gasteiger partial charge in [-0.1, -0.05) is 56.2 Å². The lowest BCUT2D eigenvalue weighted by Gasteiger charge is -2.59. The molecule has 1 unspecified atom stereocenters. The van der Waals surface area contributed by atoms with Gasteiger partial charge in [-0.05, 0) is 43.9 Å². The number of carbonyl (C=O) groups excluding carboxylic acids is 3. The van der Waals surface area contributed by atoms with Crippen molar-refractivity contribution in [3.63, 3.8) is 0 Å². The Morgan fingerprint density at radius 3 is 2.18 bits per heavy atom. The standard InChI is InChI=1S/C35H35ClF4N4O5S/c36-25-14-21(29(47)43-31-42-26(17-50-31)22-8-7-9-23(27(22)37)35(38,39)40)15-41-28(25)44-16-24(30(48)49)34(18-44,32(19-45)10-3-1-4-11-32)33(20-46)12-5-2-6-13-33/h7-9,14-15,17,19-20,24H,1-6,10-13,16,18H2,(H,48,49)(H,42,43,47). The second-order valence-corrected chi connectivity index (χ2v) is 14.9. The highest BCUT2D eigenvalue weighted by Gasteiger charge is 2.70. The van der Waals surface area contributed by atoms with Crippen LogP contribution in [0, 0.1) is 28.0 Å². The Labute approximate surface area is 294 Å². The number of pyridine rings is 1. The van der Waals surface area contributed by atoms with Gasteiger partial charge in [0, 0.05) is 46.5 Å². The molecule has 3 aliphatic rings. The van der Waals surface area contributed by atoms with Gasteiger partial charge in [0.15, 0.2) is 5.13 Å². The first kappa shape index (κ1) is 35.9. The first-order valence-corrected chi connectivity index (χ1v) is 17.8. The Morgan fingerprint density at radius 2 is 1.64 bits per heavy atom. The summed E-state index contributed by atoms with van der Waals surface area (Å²) in [6.45, 7) is 0.0421. The van der Waals surface area contributed by atoms with E-state index in [4.69, 9.17) is 11.6 Å². The van der Waals surface area contributed by atoms with Crippen molar-refractivity contribution in [2.24, 2.45) is 22.2 Å². The van der Waals surface area contributed by atoms with Crippen LogP contribution in [0.1, 0.15) is 80.1 Å². The van der Waals surface area contributed by atoms with Gasteiger partial charge in [-0.15, -0.1) is 11.3 Å². The van der Waals surface area contributed by atoms with E-state index in [9.17, 15) is 41.8 Å². The Morgan fingerprint density at radius 1 is 1.02 bits per heavy atom. The van der Waals surface area contributed by atoms with Crippen LogP contribution >= 0.6 is 22.9 Å². The predicted molar refractivity (Wildman–Crippen MR) is 179 cm³/mol. The minimum absolute atomic E-state index is 0.00563. The van der Waals surface area contributed by atoms with Gasteiger partial charge < -0.3 is 19.6 Å². The summed E-state index contributed by atoms with van der Waals surface area (Å²) in [6.07, 6.45) is 4.98. The topological polar surface area (TPSA) is 130 Å².